The molecule has 0 atom stereocenters. The molecule has 3 aromatic rings. The van der Waals surface area contributed by atoms with Crippen LogP contribution in [0, 0.1) is 0 Å². The van der Waals surface area contributed by atoms with E-state index < -0.39 is 0 Å². The van der Waals surface area contributed by atoms with Gasteiger partial charge < -0.3 is 9.52 Å². The number of aromatic nitrogens is 1. The summed E-state index contributed by atoms with van der Waals surface area (Å²) in [7, 11) is 0. The lowest BCUT2D eigenvalue weighted by Gasteiger charge is -2.00. The zero-order chi connectivity index (χ0) is 15.2. The summed E-state index contributed by atoms with van der Waals surface area (Å²) in [6.07, 6.45) is 2.39. The van der Waals surface area contributed by atoms with Crippen LogP contribution in [0.1, 0.15) is 18.7 Å². The molecule has 0 saturated carbocycles. The average molecular weight is 293 g/mol. The Labute approximate surface area is 130 Å². The molecule has 2 aromatic carbocycles. The van der Waals surface area contributed by atoms with E-state index in [2.05, 4.69) is 4.98 Å². The van der Waals surface area contributed by atoms with Gasteiger partial charge in [0.15, 0.2) is 11.7 Å². The van der Waals surface area contributed by atoms with Crippen molar-refractivity contribution in [3.05, 3.63) is 66.6 Å². The number of aryl methyl sites for hydroxylation is 1. The van der Waals surface area contributed by atoms with Crippen LogP contribution in [0.15, 0.2) is 65.1 Å². The molecule has 3 heteroatoms. The third-order valence-electron chi connectivity index (χ3n) is 3.55. The van der Waals surface area contributed by atoms with Crippen LogP contribution in [0.2, 0.25) is 0 Å². The van der Waals surface area contributed by atoms with E-state index >= 15 is 0 Å². The monoisotopic (exact) mass is 293 g/mol. The molecule has 0 saturated heterocycles. The van der Waals surface area contributed by atoms with Crippen molar-refractivity contribution in [1.82, 2.24) is 4.98 Å². The van der Waals surface area contributed by atoms with E-state index in [-0.39, 0.29) is 6.61 Å². The van der Waals surface area contributed by atoms with E-state index in [1.807, 2.05) is 60.7 Å². The fraction of sp³-hybridized carbons (Fsp3) is 0.211. The van der Waals surface area contributed by atoms with Gasteiger partial charge in [-0.2, -0.15) is 0 Å². The number of hydrogen-bond donors (Lipinski definition) is 1. The molecule has 0 aliphatic heterocycles. The highest BCUT2D eigenvalue weighted by atomic mass is 16.4. The van der Waals surface area contributed by atoms with Crippen molar-refractivity contribution in [2.24, 2.45) is 0 Å². The first-order chi connectivity index (χ1) is 10.9. The van der Waals surface area contributed by atoms with Gasteiger partial charge in [-0.15, -0.1) is 0 Å². The minimum Gasteiger partial charge on any atom is -0.440 e. The van der Waals surface area contributed by atoms with Crippen LogP contribution in [0.5, 0.6) is 0 Å². The van der Waals surface area contributed by atoms with E-state index in [1.54, 1.807) is 0 Å². The van der Waals surface area contributed by atoms with Gasteiger partial charge in [0.1, 0.15) is 5.69 Å². The Bertz CT molecular complexity index is 648. The van der Waals surface area contributed by atoms with Crippen molar-refractivity contribution in [3.8, 4) is 22.6 Å². The van der Waals surface area contributed by atoms with Gasteiger partial charge in [-0.05, 0) is 12.8 Å². The van der Waals surface area contributed by atoms with Crippen LogP contribution in [-0.4, -0.2) is 16.7 Å². The third kappa shape index (κ3) is 3.26. The van der Waals surface area contributed by atoms with Gasteiger partial charge in [-0.3, -0.25) is 0 Å². The van der Waals surface area contributed by atoms with E-state index in [0.717, 1.165) is 47.7 Å². The van der Waals surface area contributed by atoms with Crippen molar-refractivity contribution < 1.29 is 9.52 Å². The van der Waals surface area contributed by atoms with Crippen LogP contribution in [-0.2, 0) is 6.42 Å². The largest absolute Gasteiger partial charge is 0.440 e. The van der Waals surface area contributed by atoms with E-state index in [4.69, 9.17) is 9.52 Å². The molecule has 3 nitrogen and oxygen atoms in total. The lowest BCUT2D eigenvalue weighted by atomic mass is 10.1. The zero-order valence-electron chi connectivity index (χ0n) is 12.4. The molecule has 0 spiro atoms. The number of unbranched alkanes of at least 4 members (excludes halogenated alkanes) is 1. The molecule has 0 radical (unpaired) electrons. The Kier molecular flexibility index (Phi) is 4.66. The highest BCUT2D eigenvalue weighted by Crippen LogP contribution is 2.32. The Morgan fingerprint density at radius 3 is 2.09 bits per heavy atom. The summed E-state index contributed by atoms with van der Waals surface area (Å²) in [6.45, 7) is 0.206. The Balaban J connectivity index is 1.99. The maximum Gasteiger partial charge on any atom is 0.195 e. The van der Waals surface area contributed by atoms with E-state index in [9.17, 15) is 0 Å². The molecule has 112 valence electrons. The molecule has 0 fully saturated rings. The van der Waals surface area contributed by atoms with Crippen molar-refractivity contribution in [1.29, 1.82) is 0 Å². The maximum absolute atomic E-state index is 8.91. The standard InChI is InChI=1S/C19H19NO2/c21-14-8-7-13-17-20-18(15-9-3-1-4-10-15)19(22-17)16-11-5-2-6-12-16/h1-6,9-12,21H,7-8,13-14H2. The maximum atomic E-state index is 8.91. The van der Waals surface area contributed by atoms with Crippen molar-refractivity contribution in [2.45, 2.75) is 19.3 Å². The second-order valence-corrected chi connectivity index (χ2v) is 5.20. The first kappa shape index (κ1) is 14.5. The van der Waals surface area contributed by atoms with Crippen LogP contribution < -0.4 is 0 Å². The summed E-state index contributed by atoms with van der Waals surface area (Å²) in [6, 6.07) is 20.1. The zero-order valence-corrected chi connectivity index (χ0v) is 12.4. The average Bonchev–Trinajstić information content (AvgIpc) is 3.01. The lowest BCUT2D eigenvalue weighted by Crippen LogP contribution is -1.88. The minimum absolute atomic E-state index is 0.206. The molecule has 0 aliphatic carbocycles. The van der Waals surface area contributed by atoms with Gasteiger partial charge in [0, 0.05) is 24.2 Å². The number of aliphatic hydroxyl groups is 1. The SMILES string of the molecule is OCCCCc1nc(-c2ccccc2)c(-c2ccccc2)o1. The molecule has 0 bridgehead atoms. The smallest absolute Gasteiger partial charge is 0.195 e. The van der Waals surface area contributed by atoms with Gasteiger partial charge >= 0.3 is 0 Å². The highest BCUT2D eigenvalue weighted by molar-refractivity contribution is 5.76. The number of benzene rings is 2. The van der Waals surface area contributed by atoms with Gasteiger partial charge in [0.05, 0.1) is 0 Å². The number of nitrogens with zero attached hydrogens (tertiary/aromatic N) is 1. The van der Waals surface area contributed by atoms with Crippen LogP contribution in [0.25, 0.3) is 22.6 Å². The van der Waals surface area contributed by atoms with Gasteiger partial charge in [-0.25, -0.2) is 4.98 Å². The van der Waals surface area contributed by atoms with Gasteiger partial charge in [0.2, 0.25) is 0 Å². The Morgan fingerprint density at radius 1 is 0.818 bits per heavy atom. The van der Waals surface area contributed by atoms with E-state index in [1.165, 1.54) is 0 Å². The molecule has 0 aliphatic rings. The van der Waals surface area contributed by atoms with Gasteiger partial charge in [-0.1, -0.05) is 60.7 Å². The molecular weight excluding hydrogens is 274 g/mol. The van der Waals surface area contributed by atoms with Crippen molar-refractivity contribution in [3.63, 3.8) is 0 Å². The predicted molar refractivity (Wildman–Crippen MR) is 87.4 cm³/mol. The summed E-state index contributed by atoms with van der Waals surface area (Å²) in [5.41, 5.74) is 2.96. The molecule has 1 heterocycles. The normalized spacial score (nSPS) is 10.8. The summed E-state index contributed by atoms with van der Waals surface area (Å²) in [4.78, 5) is 4.68. The number of rotatable bonds is 6. The fourth-order valence-corrected chi connectivity index (χ4v) is 2.44. The summed E-state index contributed by atoms with van der Waals surface area (Å²) in [5, 5.41) is 8.91. The molecule has 22 heavy (non-hydrogen) atoms. The lowest BCUT2D eigenvalue weighted by molar-refractivity contribution is 0.283. The molecule has 3 rings (SSSR count). The summed E-state index contributed by atoms with van der Waals surface area (Å²) in [5.74, 6) is 1.54. The predicted octanol–water partition coefficient (Wildman–Crippen LogP) is 4.32. The van der Waals surface area contributed by atoms with Crippen LogP contribution in [0.3, 0.4) is 0 Å². The second-order valence-electron chi connectivity index (χ2n) is 5.20. The Hall–Kier alpha value is -2.39. The number of aliphatic hydroxyl groups excluding tert-OH is 1. The van der Waals surface area contributed by atoms with Crippen molar-refractivity contribution >= 4 is 0 Å². The highest BCUT2D eigenvalue weighted by Gasteiger charge is 2.16. The second kappa shape index (κ2) is 7.05. The fourth-order valence-electron chi connectivity index (χ4n) is 2.44. The molecule has 1 aromatic heterocycles. The minimum atomic E-state index is 0.206. The van der Waals surface area contributed by atoms with Crippen molar-refractivity contribution in [2.75, 3.05) is 6.61 Å². The third-order valence-corrected chi connectivity index (χ3v) is 3.55. The van der Waals surface area contributed by atoms with Gasteiger partial charge in [0.25, 0.3) is 0 Å². The first-order valence-electron chi connectivity index (χ1n) is 7.60. The summed E-state index contributed by atoms with van der Waals surface area (Å²) < 4.78 is 6.01. The van der Waals surface area contributed by atoms with Crippen LogP contribution >= 0.6 is 0 Å². The topological polar surface area (TPSA) is 46.3 Å². The van der Waals surface area contributed by atoms with E-state index in [0.29, 0.717) is 0 Å². The number of hydrogen-bond acceptors (Lipinski definition) is 3. The first-order valence-corrected chi connectivity index (χ1v) is 7.60. The molecular formula is C19H19NO2. The molecule has 1 N–H and O–H groups in total. The number of oxazole rings is 1. The quantitative estimate of drug-likeness (QED) is 0.688. The molecule has 0 amide bonds. The molecule has 0 unspecified atom stereocenters. The summed E-state index contributed by atoms with van der Waals surface area (Å²) >= 11 is 0. The van der Waals surface area contributed by atoms with Crippen LogP contribution in [0.4, 0.5) is 0 Å². The Morgan fingerprint density at radius 2 is 1.45 bits per heavy atom.